The first-order chi connectivity index (χ1) is 13.1. The van der Waals surface area contributed by atoms with Crippen LogP contribution in [0.4, 0.5) is 5.69 Å². The molecule has 0 bridgehead atoms. The third-order valence-corrected chi connectivity index (χ3v) is 5.05. The molecule has 0 aromatic heterocycles. The molecule has 1 aliphatic heterocycles. The van der Waals surface area contributed by atoms with Crippen molar-refractivity contribution in [3.8, 4) is 0 Å². The maximum atomic E-state index is 12.5. The highest BCUT2D eigenvalue weighted by molar-refractivity contribution is 5.95. The Morgan fingerprint density at radius 1 is 1.07 bits per heavy atom. The first kappa shape index (κ1) is 19.1. The summed E-state index contributed by atoms with van der Waals surface area (Å²) in [5.41, 5.74) is 4.56. The molecule has 0 saturated heterocycles. The van der Waals surface area contributed by atoms with E-state index in [1.165, 1.54) is 16.0 Å². The summed E-state index contributed by atoms with van der Waals surface area (Å²) >= 11 is 0. The molecule has 1 heterocycles. The Morgan fingerprint density at radius 2 is 1.78 bits per heavy atom. The van der Waals surface area contributed by atoms with Crippen molar-refractivity contribution in [1.29, 1.82) is 0 Å². The zero-order chi connectivity index (χ0) is 19.2. The fourth-order valence-corrected chi connectivity index (χ4v) is 3.44. The first-order valence-corrected chi connectivity index (χ1v) is 9.47. The second-order valence-electron chi connectivity index (χ2n) is 7.04. The van der Waals surface area contributed by atoms with Gasteiger partial charge in [-0.1, -0.05) is 49.4 Å². The lowest BCUT2D eigenvalue weighted by Gasteiger charge is -2.29. The van der Waals surface area contributed by atoms with E-state index < -0.39 is 0 Å². The van der Waals surface area contributed by atoms with Gasteiger partial charge in [0.05, 0.1) is 13.1 Å². The van der Waals surface area contributed by atoms with Gasteiger partial charge in [0.25, 0.3) is 0 Å². The van der Waals surface area contributed by atoms with Crippen molar-refractivity contribution in [1.82, 2.24) is 9.80 Å². The molecule has 0 unspecified atom stereocenters. The highest BCUT2D eigenvalue weighted by atomic mass is 16.2. The number of fused-ring (bicyclic) bond motifs is 1. The zero-order valence-corrected chi connectivity index (χ0v) is 16.1. The molecule has 0 atom stereocenters. The molecule has 1 N–H and O–H groups in total. The van der Waals surface area contributed by atoms with E-state index in [2.05, 4.69) is 35.3 Å². The number of para-hydroxylation sites is 1. The van der Waals surface area contributed by atoms with Crippen LogP contribution < -0.4 is 5.32 Å². The van der Waals surface area contributed by atoms with Gasteiger partial charge in [-0.15, -0.1) is 0 Å². The van der Waals surface area contributed by atoms with Crippen LogP contribution in [0.5, 0.6) is 0 Å². The van der Waals surface area contributed by atoms with Crippen LogP contribution in [0.3, 0.4) is 0 Å². The van der Waals surface area contributed by atoms with Crippen molar-refractivity contribution in [2.75, 3.05) is 32.0 Å². The van der Waals surface area contributed by atoms with Crippen molar-refractivity contribution in [2.45, 2.75) is 26.3 Å². The smallest absolute Gasteiger partial charge is 0.243 e. The summed E-state index contributed by atoms with van der Waals surface area (Å²) in [4.78, 5) is 28.5. The molecule has 0 spiro atoms. The Balaban J connectivity index is 1.51. The molecule has 5 nitrogen and oxygen atoms in total. The molecule has 2 amide bonds. The van der Waals surface area contributed by atoms with Crippen LogP contribution in [-0.4, -0.2) is 48.3 Å². The molecule has 2 aromatic carbocycles. The molecule has 3 rings (SSSR count). The quantitative estimate of drug-likeness (QED) is 0.856. The van der Waals surface area contributed by atoms with Gasteiger partial charge in [-0.2, -0.15) is 0 Å². The molecule has 5 heteroatoms. The average molecular weight is 365 g/mol. The molecule has 27 heavy (non-hydrogen) atoms. The first-order valence-electron chi connectivity index (χ1n) is 9.47. The molecule has 0 fully saturated rings. The number of carbonyl (C=O) groups excluding carboxylic acids is 2. The van der Waals surface area contributed by atoms with E-state index in [0.29, 0.717) is 6.54 Å². The summed E-state index contributed by atoms with van der Waals surface area (Å²) in [5, 5.41) is 2.92. The number of likely N-dealkylation sites (N-methyl/N-ethyl adjacent to an activating group) is 1. The van der Waals surface area contributed by atoms with E-state index in [9.17, 15) is 9.59 Å². The topological polar surface area (TPSA) is 52.7 Å². The monoisotopic (exact) mass is 365 g/mol. The van der Waals surface area contributed by atoms with E-state index in [1.807, 2.05) is 30.3 Å². The number of benzene rings is 2. The van der Waals surface area contributed by atoms with E-state index in [-0.39, 0.29) is 18.4 Å². The Hall–Kier alpha value is -2.66. The zero-order valence-electron chi connectivity index (χ0n) is 16.1. The molecule has 1 aliphatic rings. The molecular formula is C22H27N3O2. The standard InChI is InChI=1S/C22H27N3O2/c1-3-17-8-6-7-11-20(17)23-21(26)15-24(2)22(27)16-25-13-12-18-9-4-5-10-19(18)14-25/h4-11H,3,12-16H2,1-2H3,(H,23,26). The number of nitrogens with one attached hydrogen (secondary N) is 1. The SMILES string of the molecule is CCc1ccccc1NC(=O)CN(C)C(=O)CN1CCc2ccccc2C1. The Morgan fingerprint density at radius 3 is 2.56 bits per heavy atom. The molecular weight excluding hydrogens is 338 g/mol. The highest BCUT2D eigenvalue weighted by Gasteiger charge is 2.21. The van der Waals surface area contributed by atoms with Crippen LogP contribution in [-0.2, 0) is 29.0 Å². The van der Waals surface area contributed by atoms with Crippen LogP contribution >= 0.6 is 0 Å². The normalized spacial score (nSPS) is 13.7. The molecule has 2 aromatic rings. The van der Waals surface area contributed by atoms with Gasteiger partial charge in [0.15, 0.2) is 0 Å². The van der Waals surface area contributed by atoms with E-state index in [4.69, 9.17) is 0 Å². The van der Waals surface area contributed by atoms with Crippen molar-refractivity contribution in [3.63, 3.8) is 0 Å². The molecule has 0 aliphatic carbocycles. The summed E-state index contributed by atoms with van der Waals surface area (Å²) in [6.07, 6.45) is 1.81. The number of rotatable bonds is 6. The Bertz CT molecular complexity index is 819. The predicted molar refractivity (Wildman–Crippen MR) is 108 cm³/mol. The summed E-state index contributed by atoms with van der Waals surface area (Å²) in [5.74, 6) is -0.205. The molecule has 142 valence electrons. The van der Waals surface area contributed by atoms with Gasteiger partial charge >= 0.3 is 0 Å². The Labute approximate surface area is 161 Å². The highest BCUT2D eigenvalue weighted by Crippen LogP contribution is 2.18. The largest absolute Gasteiger partial charge is 0.335 e. The molecule has 0 saturated carbocycles. The maximum Gasteiger partial charge on any atom is 0.243 e. The average Bonchev–Trinajstić information content (AvgIpc) is 2.68. The van der Waals surface area contributed by atoms with E-state index >= 15 is 0 Å². The van der Waals surface area contributed by atoms with Crippen LogP contribution in [0, 0.1) is 0 Å². The second kappa shape index (κ2) is 8.82. The summed E-state index contributed by atoms with van der Waals surface area (Å²) in [6.45, 7) is 4.10. The van der Waals surface area contributed by atoms with Crippen LogP contribution in [0.15, 0.2) is 48.5 Å². The van der Waals surface area contributed by atoms with Crippen molar-refractivity contribution < 1.29 is 9.59 Å². The summed E-state index contributed by atoms with van der Waals surface area (Å²) in [7, 11) is 1.69. The number of aryl methyl sites for hydroxylation is 1. The number of amides is 2. The summed E-state index contributed by atoms with van der Waals surface area (Å²) < 4.78 is 0. The minimum atomic E-state index is -0.171. The number of hydrogen-bond donors (Lipinski definition) is 1. The van der Waals surface area contributed by atoms with Gasteiger partial charge in [-0.25, -0.2) is 0 Å². The Kier molecular flexibility index (Phi) is 6.24. The van der Waals surface area contributed by atoms with Gasteiger partial charge < -0.3 is 10.2 Å². The van der Waals surface area contributed by atoms with Crippen LogP contribution in [0.2, 0.25) is 0 Å². The number of hydrogen-bond acceptors (Lipinski definition) is 3. The lowest BCUT2D eigenvalue weighted by molar-refractivity contribution is -0.134. The lowest BCUT2D eigenvalue weighted by atomic mass is 10.00. The second-order valence-corrected chi connectivity index (χ2v) is 7.04. The minimum Gasteiger partial charge on any atom is -0.335 e. The third kappa shape index (κ3) is 4.95. The van der Waals surface area contributed by atoms with Gasteiger partial charge in [0.2, 0.25) is 11.8 Å². The third-order valence-electron chi connectivity index (χ3n) is 5.05. The molecule has 0 radical (unpaired) electrons. The van der Waals surface area contributed by atoms with Crippen molar-refractivity contribution in [3.05, 3.63) is 65.2 Å². The summed E-state index contributed by atoms with van der Waals surface area (Å²) in [6, 6.07) is 16.1. The van der Waals surface area contributed by atoms with Crippen LogP contribution in [0.1, 0.15) is 23.6 Å². The number of anilines is 1. The predicted octanol–water partition coefficient (Wildman–Crippen LogP) is 2.70. The number of nitrogens with zero attached hydrogens (tertiary/aromatic N) is 2. The van der Waals surface area contributed by atoms with E-state index in [1.54, 1.807) is 7.05 Å². The van der Waals surface area contributed by atoms with E-state index in [0.717, 1.165) is 37.2 Å². The van der Waals surface area contributed by atoms with Gasteiger partial charge in [-0.3, -0.25) is 14.5 Å². The van der Waals surface area contributed by atoms with Crippen molar-refractivity contribution >= 4 is 17.5 Å². The fraction of sp³-hybridized carbons (Fsp3) is 0.364. The van der Waals surface area contributed by atoms with Crippen LogP contribution in [0.25, 0.3) is 0 Å². The van der Waals surface area contributed by atoms with Gasteiger partial charge in [-0.05, 0) is 35.6 Å². The fourth-order valence-electron chi connectivity index (χ4n) is 3.44. The van der Waals surface area contributed by atoms with Gasteiger partial charge in [0, 0.05) is 25.8 Å². The van der Waals surface area contributed by atoms with Gasteiger partial charge in [0.1, 0.15) is 0 Å². The minimum absolute atomic E-state index is 0.0340. The lowest BCUT2D eigenvalue weighted by Crippen LogP contribution is -2.43. The maximum absolute atomic E-state index is 12.5. The van der Waals surface area contributed by atoms with Crippen molar-refractivity contribution in [2.24, 2.45) is 0 Å². The number of carbonyl (C=O) groups is 2.